The molecule has 3 rings (SSSR count). The fraction of sp³-hybridized carbons (Fsp3) is 0.533. The van der Waals surface area contributed by atoms with Crippen molar-refractivity contribution in [2.24, 2.45) is 4.99 Å². The summed E-state index contributed by atoms with van der Waals surface area (Å²) in [6.45, 7) is 4.52. The third-order valence-corrected chi connectivity index (χ3v) is 5.25. The van der Waals surface area contributed by atoms with Crippen LogP contribution in [0.1, 0.15) is 38.2 Å². The lowest BCUT2D eigenvalue weighted by Gasteiger charge is -2.20. The van der Waals surface area contributed by atoms with E-state index >= 15 is 0 Å². The highest BCUT2D eigenvalue weighted by atomic mass is 32.2. The van der Waals surface area contributed by atoms with Crippen molar-refractivity contribution < 1.29 is 0 Å². The van der Waals surface area contributed by atoms with E-state index in [0.29, 0.717) is 12.0 Å². The van der Waals surface area contributed by atoms with Gasteiger partial charge in [0.25, 0.3) is 0 Å². The molecule has 2 aliphatic rings. The van der Waals surface area contributed by atoms with E-state index in [-0.39, 0.29) is 5.54 Å². The Balaban J connectivity index is 1.63. The molecule has 0 radical (unpaired) electrons. The number of thioether (sulfide) groups is 1. The second-order valence-electron chi connectivity index (χ2n) is 5.58. The van der Waals surface area contributed by atoms with Crippen molar-refractivity contribution in [3.63, 3.8) is 0 Å². The van der Waals surface area contributed by atoms with Gasteiger partial charge < -0.3 is 5.32 Å². The van der Waals surface area contributed by atoms with Crippen molar-refractivity contribution in [2.75, 3.05) is 5.75 Å². The molecule has 1 aromatic rings. The van der Waals surface area contributed by atoms with Crippen LogP contribution in [0.4, 0.5) is 0 Å². The van der Waals surface area contributed by atoms with E-state index < -0.39 is 0 Å². The molecule has 0 bridgehead atoms. The molecule has 1 saturated carbocycles. The molecule has 1 N–H and O–H groups in total. The molecule has 2 nitrogen and oxygen atoms in total. The van der Waals surface area contributed by atoms with E-state index in [1.54, 1.807) is 0 Å². The molecule has 1 saturated heterocycles. The minimum absolute atomic E-state index is 0.251. The molecule has 3 heteroatoms. The third kappa shape index (κ3) is 2.41. The Bertz CT molecular complexity index is 457. The number of benzene rings is 1. The van der Waals surface area contributed by atoms with Crippen LogP contribution in [0.2, 0.25) is 0 Å². The Morgan fingerprint density at radius 1 is 1.39 bits per heavy atom. The fourth-order valence-electron chi connectivity index (χ4n) is 2.35. The van der Waals surface area contributed by atoms with Crippen molar-refractivity contribution in [2.45, 2.75) is 44.2 Å². The fourth-order valence-corrected chi connectivity index (χ4v) is 3.61. The van der Waals surface area contributed by atoms with E-state index in [1.165, 1.54) is 12.0 Å². The number of hydrogen-bond donors (Lipinski definition) is 1. The van der Waals surface area contributed by atoms with Gasteiger partial charge in [-0.2, -0.15) is 0 Å². The first-order valence-corrected chi connectivity index (χ1v) is 7.72. The molecule has 1 heterocycles. The van der Waals surface area contributed by atoms with Crippen LogP contribution in [0.5, 0.6) is 0 Å². The molecular formula is C15H20N2S. The van der Waals surface area contributed by atoms with Crippen LogP contribution in [0.15, 0.2) is 35.3 Å². The molecule has 0 amide bonds. The number of aliphatic imine (C=N–C) groups is 1. The standard InChI is InChI=1S/C15H20N2S/c1-3-15(2)10-18-14(17-15)16-13-9-12(13)11-7-5-4-6-8-11/h4-8,12-13H,3,9-10H2,1-2H3,(H,16,17). The monoisotopic (exact) mass is 260 g/mol. The van der Waals surface area contributed by atoms with Gasteiger partial charge in [-0.1, -0.05) is 49.0 Å². The minimum Gasteiger partial charge on any atom is -0.359 e. The summed E-state index contributed by atoms with van der Waals surface area (Å²) < 4.78 is 0. The summed E-state index contributed by atoms with van der Waals surface area (Å²) in [6, 6.07) is 11.3. The Hall–Kier alpha value is -0.960. The molecule has 3 atom stereocenters. The molecule has 18 heavy (non-hydrogen) atoms. The first-order valence-electron chi connectivity index (χ1n) is 6.74. The zero-order chi connectivity index (χ0) is 12.6. The van der Waals surface area contributed by atoms with Crippen LogP contribution < -0.4 is 5.32 Å². The SMILES string of the molecule is CCC1(C)CSC(=NC2CC2c2ccccc2)N1. The van der Waals surface area contributed by atoms with Gasteiger partial charge in [-0.15, -0.1) is 0 Å². The van der Waals surface area contributed by atoms with Gasteiger partial charge in [0.05, 0.1) is 6.04 Å². The Kier molecular flexibility index (Phi) is 3.10. The number of hydrogen-bond acceptors (Lipinski definition) is 2. The van der Waals surface area contributed by atoms with Crippen molar-refractivity contribution in [3.05, 3.63) is 35.9 Å². The highest BCUT2D eigenvalue weighted by Gasteiger charge is 2.40. The van der Waals surface area contributed by atoms with Crippen molar-refractivity contribution in [3.8, 4) is 0 Å². The topological polar surface area (TPSA) is 24.4 Å². The van der Waals surface area contributed by atoms with E-state index in [4.69, 9.17) is 4.99 Å². The van der Waals surface area contributed by atoms with Crippen molar-refractivity contribution in [1.82, 2.24) is 5.32 Å². The van der Waals surface area contributed by atoms with E-state index in [9.17, 15) is 0 Å². The third-order valence-electron chi connectivity index (χ3n) is 3.98. The van der Waals surface area contributed by atoms with Crippen LogP contribution in [0.3, 0.4) is 0 Å². The van der Waals surface area contributed by atoms with Crippen LogP contribution in [-0.4, -0.2) is 22.5 Å². The molecule has 0 spiro atoms. The predicted molar refractivity (Wildman–Crippen MR) is 79.3 cm³/mol. The molecule has 1 aliphatic carbocycles. The van der Waals surface area contributed by atoms with Gasteiger partial charge in [0.1, 0.15) is 0 Å². The summed E-state index contributed by atoms with van der Waals surface area (Å²) in [4.78, 5) is 4.86. The van der Waals surface area contributed by atoms with E-state index in [1.807, 2.05) is 11.8 Å². The zero-order valence-electron chi connectivity index (χ0n) is 11.0. The average molecular weight is 260 g/mol. The summed E-state index contributed by atoms with van der Waals surface area (Å²) in [6.07, 6.45) is 2.37. The van der Waals surface area contributed by atoms with Gasteiger partial charge in [0.15, 0.2) is 5.17 Å². The quantitative estimate of drug-likeness (QED) is 0.900. The maximum absolute atomic E-state index is 4.86. The summed E-state index contributed by atoms with van der Waals surface area (Å²) in [5.41, 5.74) is 1.69. The van der Waals surface area contributed by atoms with Gasteiger partial charge in [-0.25, -0.2) is 0 Å². The molecule has 1 aromatic carbocycles. The second kappa shape index (κ2) is 4.61. The average Bonchev–Trinajstić information content (AvgIpc) is 3.06. The Morgan fingerprint density at radius 2 is 2.17 bits per heavy atom. The summed E-state index contributed by atoms with van der Waals surface area (Å²) in [5.74, 6) is 1.79. The number of amidine groups is 1. The minimum atomic E-state index is 0.251. The van der Waals surface area contributed by atoms with Crippen molar-refractivity contribution in [1.29, 1.82) is 0 Å². The van der Waals surface area contributed by atoms with Gasteiger partial charge >= 0.3 is 0 Å². The first-order chi connectivity index (χ1) is 8.70. The smallest absolute Gasteiger partial charge is 0.157 e. The second-order valence-corrected chi connectivity index (χ2v) is 6.55. The maximum Gasteiger partial charge on any atom is 0.157 e. The number of nitrogens with one attached hydrogen (secondary N) is 1. The molecule has 1 aliphatic heterocycles. The Labute approximate surface area is 113 Å². The number of nitrogens with zero attached hydrogens (tertiary/aromatic N) is 1. The van der Waals surface area contributed by atoms with E-state index in [0.717, 1.165) is 17.3 Å². The van der Waals surface area contributed by atoms with Crippen LogP contribution in [0.25, 0.3) is 0 Å². The molecular weight excluding hydrogens is 240 g/mol. The zero-order valence-corrected chi connectivity index (χ0v) is 11.8. The lowest BCUT2D eigenvalue weighted by molar-refractivity contribution is 0.466. The Morgan fingerprint density at radius 3 is 2.83 bits per heavy atom. The van der Waals surface area contributed by atoms with Crippen LogP contribution in [0, 0.1) is 0 Å². The molecule has 96 valence electrons. The lowest BCUT2D eigenvalue weighted by Crippen LogP contribution is -2.39. The normalized spacial score (nSPS) is 36.7. The van der Waals surface area contributed by atoms with Gasteiger partial charge in [-0.3, -0.25) is 4.99 Å². The van der Waals surface area contributed by atoms with Gasteiger partial charge in [0, 0.05) is 17.2 Å². The molecule has 3 unspecified atom stereocenters. The number of rotatable bonds is 3. The lowest BCUT2D eigenvalue weighted by atomic mass is 10.0. The molecule has 2 fully saturated rings. The summed E-state index contributed by atoms with van der Waals surface area (Å²) in [7, 11) is 0. The summed E-state index contributed by atoms with van der Waals surface area (Å²) in [5, 5.41) is 4.73. The van der Waals surface area contributed by atoms with Crippen molar-refractivity contribution >= 4 is 16.9 Å². The molecule has 0 aromatic heterocycles. The van der Waals surface area contributed by atoms with Gasteiger partial charge in [-0.05, 0) is 25.3 Å². The highest BCUT2D eigenvalue weighted by Crippen LogP contribution is 2.44. The predicted octanol–water partition coefficient (Wildman–Crippen LogP) is 3.40. The maximum atomic E-state index is 4.86. The first kappa shape index (κ1) is 12.1. The van der Waals surface area contributed by atoms with Crippen LogP contribution in [-0.2, 0) is 0 Å². The van der Waals surface area contributed by atoms with E-state index in [2.05, 4.69) is 49.5 Å². The highest BCUT2D eigenvalue weighted by molar-refractivity contribution is 8.14. The summed E-state index contributed by atoms with van der Waals surface area (Å²) >= 11 is 1.88. The van der Waals surface area contributed by atoms with Gasteiger partial charge in [0.2, 0.25) is 0 Å². The largest absolute Gasteiger partial charge is 0.359 e. The van der Waals surface area contributed by atoms with Crippen LogP contribution >= 0.6 is 11.8 Å².